The number of allylic oxidation sites excluding steroid dienone is 4. The quantitative estimate of drug-likeness (QED) is 0.0396. The predicted octanol–water partition coefficient (Wildman–Crippen LogP) is 9.54. The van der Waals surface area contributed by atoms with Gasteiger partial charge in [-0.2, -0.15) is 0 Å². The van der Waals surface area contributed by atoms with Crippen molar-refractivity contribution >= 4 is 25.4 Å². The summed E-state index contributed by atoms with van der Waals surface area (Å²) in [7, 11) is -4.95. The Morgan fingerprint density at radius 3 is 2.48 bits per heavy atom. The molecule has 0 amide bonds. The van der Waals surface area contributed by atoms with Crippen LogP contribution in [0, 0.1) is 40.4 Å². The molecule has 10 atom stereocenters. The van der Waals surface area contributed by atoms with E-state index in [9.17, 15) is 29.0 Å². The molecule has 4 N–H and O–H groups in total. The van der Waals surface area contributed by atoms with E-state index in [0.29, 0.717) is 30.0 Å². The van der Waals surface area contributed by atoms with E-state index in [2.05, 4.69) is 56.4 Å². The second-order valence-corrected chi connectivity index (χ2v) is 23.8. The number of Topliss-reactive ketones (excluding diaryl/α,β-unsaturated/α-hetero) is 1. The first-order chi connectivity index (χ1) is 35.0. The highest BCUT2D eigenvalue weighted by atomic mass is 31.2. The summed E-state index contributed by atoms with van der Waals surface area (Å²) in [4.78, 5) is 62.7. The highest BCUT2D eigenvalue weighted by Crippen LogP contribution is 2.71. The Balaban J connectivity index is 0.850. The Hall–Kier alpha value is -3.56. The van der Waals surface area contributed by atoms with Crippen LogP contribution in [0.5, 0.6) is 5.75 Å². The van der Waals surface area contributed by atoms with Crippen molar-refractivity contribution in [3.05, 3.63) is 89.0 Å². The number of esters is 1. The maximum atomic E-state index is 15.1. The van der Waals surface area contributed by atoms with Crippen molar-refractivity contribution < 1.29 is 57.3 Å². The highest BCUT2D eigenvalue weighted by Gasteiger charge is 2.76. The molecule has 1 saturated heterocycles. The van der Waals surface area contributed by atoms with E-state index in [1.54, 1.807) is 23.1 Å². The summed E-state index contributed by atoms with van der Waals surface area (Å²) in [6, 6.07) is 15.2. The molecule has 402 valence electrons. The number of benzene rings is 2. The minimum Gasteiger partial charge on any atom is -0.457 e. The van der Waals surface area contributed by atoms with Crippen molar-refractivity contribution in [2.24, 2.45) is 40.4 Å². The van der Waals surface area contributed by atoms with Crippen LogP contribution >= 0.6 is 7.82 Å². The maximum Gasteiger partial charge on any atom is 0.524 e. The summed E-state index contributed by atoms with van der Waals surface area (Å²) in [5, 5.41) is 14.5. The number of phosphoric ester groups is 1. The standard InChI is InChI=1S/C58H83N2O12P/c1-5-60(37-44-32-43(23-26-50(44)72-73(65,66)67)49(62)36-59-29-15-6-7-16-30-68-31-17-14-20-41-18-10-8-11-19-41)38-53(64)69-39-51(63)58-52(70-55(71-58)42-21-12-9-13-22-42)34-48-47-25-24-45-33-46(61)27-28-56(45,3)54(47)40(2)35-57(48,58)4/h8,10-11,18-19,23,26-28,32-33,40,42,47-49,52,54-55,59,62H,5-7,9,12-17,20-22,24-25,29-31,34-39H2,1-4H3,(H2,65,66,67)/t40-,47-,48-,49?,52+,54-,55+,56?,57-,58+/m0/s1. The van der Waals surface area contributed by atoms with Gasteiger partial charge < -0.3 is 33.9 Å². The predicted molar refractivity (Wildman–Crippen MR) is 278 cm³/mol. The third-order valence-electron chi connectivity index (χ3n) is 17.8. The van der Waals surface area contributed by atoms with Gasteiger partial charge in [0, 0.05) is 48.6 Å². The molecule has 0 aromatic heterocycles. The zero-order valence-corrected chi connectivity index (χ0v) is 44.7. The van der Waals surface area contributed by atoms with Gasteiger partial charge in [-0.05, 0) is 143 Å². The van der Waals surface area contributed by atoms with E-state index in [-0.39, 0.29) is 66.0 Å². The number of nitrogens with zero attached hydrogens (tertiary/aromatic N) is 1. The Labute approximate surface area is 433 Å². The largest absolute Gasteiger partial charge is 0.524 e. The van der Waals surface area contributed by atoms with Crippen molar-refractivity contribution in [3.63, 3.8) is 0 Å². The van der Waals surface area contributed by atoms with Crippen LogP contribution in [-0.4, -0.2) is 101 Å². The fourth-order valence-electron chi connectivity index (χ4n) is 14.4. The average molecular weight is 1030 g/mol. The molecule has 1 aliphatic heterocycles. The van der Waals surface area contributed by atoms with E-state index in [0.717, 1.165) is 110 Å². The van der Waals surface area contributed by atoms with E-state index in [1.807, 2.05) is 19.1 Å². The molecule has 5 fully saturated rings. The minimum absolute atomic E-state index is 0.0473. The zero-order valence-electron chi connectivity index (χ0n) is 43.9. The van der Waals surface area contributed by atoms with E-state index < -0.39 is 49.9 Å². The third kappa shape index (κ3) is 12.8. The lowest BCUT2D eigenvalue weighted by molar-refractivity contribution is -0.203. The van der Waals surface area contributed by atoms with Gasteiger partial charge in [-0.3, -0.25) is 29.1 Å². The summed E-state index contributed by atoms with van der Waals surface area (Å²) in [5.41, 5.74) is 1.37. The minimum atomic E-state index is -4.95. The SMILES string of the molecule is CCN(CC(=O)OCC(=O)[C@@]12O[C@H](C3CCCCC3)O[C@@H]1C[C@H]1[C@@H]3CCC4=CC(=O)C=CC4(C)[C@H]3[C@@H](C)C[C@@]12C)Cc1cc(C(O)CNCCCCCCOCCCCc2ccccc2)ccc1OP(=O)(O)O. The lowest BCUT2D eigenvalue weighted by Gasteiger charge is -2.60. The van der Waals surface area contributed by atoms with Crippen LogP contribution in [0.25, 0.3) is 0 Å². The number of aryl methyl sites for hydroxylation is 1. The van der Waals surface area contributed by atoms with Crippen LogP contribution in [0.2, 0.25) is 0 Å². The molecule has 2 aromatic rings. The Morgan fingerprint density at radius 2 is 1.73 bits per heavy atom. The Bertz CT molecular complexity index is 2310. The number of carbonyl (C=O) groups is 3. The Morgan fingerprint density at radius 1 is 0.973 bits per heavy atom. The lowest BCUT2D eigenvalue weighted by Crippen LogP contribution is -2.62. The summed E-state index contributed by atoms with van der Waals surface area (Å²) in [6.07, 6.45) is 19.6. The van der Waals surface area contributed by atoms with Crippen molar-refractivity contribution in [2.75, 3.05) is 46.0 Å². The van der Waals surface area contributed by atoms with Gasteiger partial charge in [-0.25, -0.2) is 4.57 Å². The zero-order chi connectivity index (χ0) is 51.8. The number of nitrogens with one attached hydrogen (secondary N) is 1. The fraction of sp³-hybridized carbons (Fsp3) is 0.672. The molecule has 15 heteroatoms. The van der Waals surface area contributed by atoms with Crippen LogP contribution in [0.15, 0.2) is 72.3 Å². The number of carbonyl (C=O) groups excluding carboxylic acids is 3. The van der Waals surface area contributed by atoms with Crippen molar-refractivity contribution in [3.8, 4) is 5.75 Å². The molecule has 2 unspecified atom stereocenters. The summed E-state index contributed by atoms with van der Waals surface area (Å²) >= 11 is 0. The van der Waals surface area contributed by atoms with Crippen molar-refractivity contribution in [1.82, 2.24) is 10.2 Å². The monoisotopic (exact) mass is 1030 g/mol. The molecule has 0 radical (unpaired) electrons. The van der Waals surface area contributed by atoms with Crippen molar-refractivity contribution in [2.45, 2.75) is 161 Å². The van der Waals surface area contributed by atoms with Gasteiger partial charge in [0.2, 0.25) is 5.78 Å². The molecule has 4 saturated carbocycles. The van der Waals surface area contributed by atoms with Gasteiger partial charge in [0.1, 0.15) is 5.75 Å². The van der Waals surface area contributed by atoms with E-state index >= 15 is 4.79 Å². The van der Waals surface area contributed by atoms with Gasteiger partial charge in [-0.15, -0.1) is 0 Å². The fourth-order valence-corrected chi connectivity index (χ4v) is 14.8. The molecule has 1 heterocycles. The number of hydrogen-bond donors (Lipinski definition) is 4. The van der Waals surface area contributed by atoms with Gasteiger partial charge in [0.25, 0.3) is 0 Å². The first kappa shape index (κ1) is 55.7. The molecule has 73 heavy (non-hydrogen) atoms. The average Bonchev–Trinajstić information content (AvgIpc) is 3.88. The number of ether oxygens (including phenoxy) is 4. The number of unbranched alkanes of at least 4 members (excludes halogenated alkanes) is 4. The van der Waals surface area contributed by atoms with Crippen LogP contribution in [-0.2, 0) is 50.9 Å². The molecule has 0 bridgehead atoms. The molecule has 0 spiro atoms. The number of aliphatic hydroxyl groups excluding tert-OH is 1. The molecule has 5 aliphatic carbocycles. The molecule has 14 nitrogen and oxygen atoms in total. The number of hydrogen-bond acceptors (Lipinski definition) is 12. The number of phosphoric acid groups is 1. The second kappa shape index (κ2) is 24.6. The van der Waals surface area contributed by atoms with Crippen molar-refractivity contribution in [1.29, 1.82) is 0 Å². The number of aliphatic hydroxyl groups is 1. The van der Waals surface area contributed by atoms with Crippen LogP contribution in [0.1, 0.15) is 147 Å². The first-order valence-corrected chi connectivity index (χ1v) is 29.1. The molecule has 6 aliphatic rings. The van der Waals surface area contributed by atoms with E-state index in [1.165, 1.54) is 23.6 Å². The molecular formula is C58H83N2O12P. The van der Waals surface area contributed by atoms with Crippen LogP contribution in [0.4, 0.5) is 0 Å². The van der Waals surface area contributed by atoms with Crippen LogP contribution < -0.4 is 9.84 Å². The number of likely N-dealkylation sites (N-methyl/N-ethyl adjacent to an activating group) is 1. The van der Waals surface area contributed by atoms with Crippen LogP contribution in [0.3, 0.4) is 0 Å². The van der Waals surface area contributed by atoms with Gasteiger partial charge in [0.05, 0.1) is 18.8 Å². The number of fused-ring (bicyclic) bond motifs is 7. The maximum absolute atomic E-state index is 15.1. The lowest BCUT2D eigenvalue weighted by atomic mass is 9.44. The number of ketones is 2. The summed E-state index contributed by atoms with van der Waals surface area (Å²) in [5.74, 6) is 0.215. The van der Waals surface area contributed by atoms with Gasteiger partial charge in [0.15, 0.2) is 24.3 Å². The summed E-state index contributed by atoms with van der Waals surface area (Å²) in [6.45, 7) is 10.9. The van der Waals surface area contributed by atoms with Gasteiger partial charge in [-0.1, -0.05) is 108 Å². The molecule has 2 aromatic carbocycles. The summed E-state index contributed by atoms with van der Waals surface area (Å²) < 4.78 is 42.9. The first-order valence-electron chi connectivity index (χ1n) is 27.6. The molecular weight excluding hydrogens is 948 g/mol. The van der Waals surface area contributed by atoms with Gasteiger partial charge >= 0.3 is 13.8 Å². The van der Waals surface area contributed by atoms with E-state index in [4.69, 9.17) is 23.5 Å². The third-order valence-corrected chi connectivity index (χ3v) is 18.3. The molecule has 8 rings (SSSR count). The number of rotatable bonds is 26. The Kier molecular flexibility index (Phi) is 18.8. The normalized spacial score (nSPS) is 30.3. The highest BCUT2D eigenvalue weighted by molar-refractivity contribution is 7.46. The topological polar surface area (TPSA) is 190 Å². The smallest absolute Gasteiger partial charge is 0.457 e. The second-order valence-electron chi connectivity index (χ2n) is 22.6.